The van der Waals surface area contributed by atoms with Gasteiger partial charge >= 0.3 is 13.8 Å². The monoisotopic (exact) mass is 432 g/mol. The Bertz CT molecular complexity index is 811. The van der Waals surface area contributed by atoms with Crippen LogP contribution in [0.4, 0.5) is 0 Å². The van der Waals surface area contributed by atoms with E-state index < -0.39 is 61.8 Å². The van der Waals surface area contributed by atoms with Gasteiger partial charge in [-0.1, -0.05) is 26.0 Å². The highest BCUT2D eigenvalue weighted by molar-refractivity contribution is 7.47. The van der Waals surface area contributed by atoms with E-state index in [2.05, 4.69) is 4.74 Å². The Morgan fingerprint density at radius 2 is 1.93 bits per heavy atom. The lowest BCUT2D eigenvalue weighted by atomic mass is 9.71. The molecule has 1 heterocycles. The summed E-state index contributed by atoms with van der Waals surface area (Å²) in [6.07, 6.45) is -2.78. The number of phosphoric ester groups is 1. The van der Waals surface area contributed by atoms with E-state index in [0.29, 0.717) is 5.57 Å². The molecule has 0 radical (unpaired) electrons. The summed E-state index contributed by atoms with van der Waals surface area (Å²) in [5, 5.41) is 19.5. The molecule has 1 fully saturated rings. The molecule has 0 saturated carbocycles. The number of Topliss-reactive ketones (excluding diaryl/α,β-unsaturated/α-hetero) is 2. The third-order valence-corrected chi connectivity index (χ3v) is 5.89. The summed E-state index contributed by atoms with van der Waals surface area (Å²) in [6, 6.07) is 0. The number of rotatable bonds is 7. The van der Waals surface area contributed by atoms with Crippen LogP contribution in [0.5, 0.6) is 0 Å². The first kappa shape index (κ1) is 23.6. The molecular formula is C18H25O10P. The second-order valence-corrected chi connectivity index (χ2v) is 9.00. The summed E-state index contributed by atoms with van der Waals surface area (Å²) in [4.78, 5) is 44.8. The van der Waals surface area contributed by atoms with Crippen LogP contribution >= 0.6 is 7.82 Å². The van der Waals surface area contributed by atoms with Crippen LogP contribution in [0.15, 0.2) is 23.3 Å². The van der Waals surface area contributed by atoms with Gasteiger partial charge in [-0.05, 0) is 36.8 Å². The van der Waals surface area contributed by atoms with Gasteiger partial charge in [-0.25, -0.2) is 9.36 Å². The van der Waals surface area contributed by atoms with Gasteiger partial charge in [-0.2, -0.15) is 0 Å². The van der Waals surface area contributed by atoms with Crippen molar-refractivity contribution in [3.8, 4) is 0 Å². The van der Waals surface area contributed by atoms with Crippen molar-refractivity contribution in [1.29, 1.82) is 0 Å². The second-order valence-electron chi connectivity index (χ2n) is 7.60. The van der Waals surface area contributed by atoms with Gasteiger partial charge in [0.25, 0.3) is 5.78 Å². The maximum absolute atomic E-state index is 12.6. The van der Waals surface area contributed by atoms with Crippen molar-refractivity contribution < 1.29 is 47.8 Å². The number of cyclic esters (lactones) is 1. The van der Waals surface area contributed by atoms with Crippen molar-refractivity contribution >= 4 is 25.4 Å². The van der Waals surface area contributed by atoms with Crippen LogP contribution in [0.1, 0.15) is 34.1 Å². The van der Waals surface area contributed by atoms with Gasteiger partial charge < -0.3 is 19.8 Å². The molecule has 0 aromatic rings. The van der Waals surface area contributed by atoms with Crippen molar-refractivity contribution in [2.75, 3.05) is 6.61 Å². The zero-order valence-electron chi connectivity index (χ0n) is 16.5. The molecule has 0 aromatic heterocycles. The molecule has 5 atom stereocenters. The minimum atomic E-state index is -4.79. The third-order valence-electron chi connectivity index (χ3n) is 4.90. The summed E-state index contributed by atoms with van der Waals surface area (Å²) in [6.45, 7) is 6.28. The largest absolute Gasteiger partial charge is 0.472 e. The van der Waals surface area contributed by atoms with Crippen LogP contribution in [0.3, 0.4) is 0 Å². The summed E-state index contributed by atoms with van der Waals surface area (Å²) >= 11 is 0. The molecule has 3 unspecified atom stereocenters. The highest BCUT2D eigenvalue weighted by Gasteiger charge is 2.47. The van der Waals surface area contributed by atoms with Crippen LogP contribution in [-0.2, 0) is 32.7 Å². The highest BCUT2D eigenvalue weighted by Crippen LogP contribution is 2.49. The third kappa shape index (κ3) is 5.09. The number of hydrogen-bond acceptors (Lipinski definition) is 9. The Hall–Kier alpha value is -1.68. The first-order valence-corrected chi connectivity index (χ1v) is 10.4. The van der Waals surface area contributed by atoms with E-state index in [-0.39, 0.29) is 6.42 Å². The molecule has 1 saturated heterocycles. The Morgan fingerprint density at radius 3 is 2.45 bits per heavy atom. The lowest BCUT2D eigenvalue weighted by Gasteiger charge is -2.36. The molecule has 29 heavy (non-hydrogen) atoms. The maximum atomic E-state index is 12.6. The predicted molar refractivity (Wildman–Crippen MR) is 98.5 cm³/mol. The van der Waals surface area contributed by atoms with Crippen molar-refractivity contribution in [3.63, 3.8) is 0 Å². The Morgan fingerprint density at radius 1 is 1.31 bits per heavy atom. The standard InChI is InChI=1S/C18H25O10P/c1-5-6-10-9(2)13(20)12(7-18(10,3)4)28-29(24,25)26-8-11(19)16-14(21)15(22)17(23)27-16/h5-6,11-12,14,16,19,21H,7-8H2,1-4H3,(H,24,25)/t11-,12?,14?,16+/m0/s1. The summed E-state index contributed by atoms with van der Waals surface area (Å²) in [7, 11) is -4.79. The van der Waals surface area contributed by atoms with Gasteiger partial charge in [0.15, 0.2) is 18.0 Å². The quantitative estimate of drug-likeness (QED) is 0.296. The molecule has 1 aliphatic heterocycles. The Labute approximate surface area is 167 Å². The number of ether oxygens (including phenoxy) is 1. The van der Waals surface area contributed by atoms with E-state index in [4.69, 9.17) is 9.05 Å². The Balaban J connectivity index is 2.04. The fourth-order valence-corrected chi connectivity index (χ4v) is 4.31. The van der Waals surface area contributed by atoms with E-state index in [1.807, 2.05) is 26.8 Å². The molecule has 0 aromatic carbocycles. The molecule has 0 bridgehead atoms. The van der Waals surface area contributed by atoms with Crippen LogP contribution < -0.4 is 0 Å². The van der Waals surface area contributed by atoms with Gasteiger partial charge in [0.05, 0.1) is 6.61 Å². The van der Waals surface area contributed by atoms with Crippen molar-refractivity contribution in [2.45, 2.75) is 58.5 Å². The maximum Gasteiger partial charge on any atom is 0.472 e. The number of carbonyl (C=O) groups excluding carboxylic acids is 3. The lowest BCUT2D eigenvalue weighted by Crippen LogP contribution is -2.40. The number of ketones is 2. The van der Waals surface area contributed by atoms with E-state index in [0.717, 1.165) is 5.57 Å². The second kappa shape index (κ2) is 8.59. The molecule has 3 N–H and O–H groups in total. The molecule has 1 aliphatic carbocycles. The average molecular weight is 432 g/mol. The van der Waals surface area contributed by atoms with Gasteiger partial charge in [0, 0.05) is 0 Å². The molecule has 2 rings (SSSR count). The fraction of sp³-hybridized carbons (Fsp3) is 0.611. The minimum absolute atomic E-state index is 0.132. The van der Waals surface area contributed by atoms with Crippen LogP contribution in [0.25, 0.3) is 0 Å². The zero-order valence-corrected chi connectivity index (χ0v) is 17.4. The van der Waals surface area contributed by atoms with Gasteiger partial charge in [-0.3, -0.25) is 18.6 Å². The van der Waals surface area contributed by atoms with Crippen LogP contribution in [0, 0.1) is 5.41 Å². The zero-order chi connectivity index (χ0) is 22.1. The van der Waals surface area contributed by atoms with Gasteiger partial charge in [-0.15, -0.1) is 0 Å². The summed E-state index contributed by atoms with van der Waals surface area (Å²) in [5.41, 5.74) is 0.705. The van der Waals surface area contributed by atoms with Crippen molar-refractivity contribution in [2.24, 2.45) is 5.41 Å². The number of esters is 1. The van der Waals surface area contributed by atoms with E-state index in [9.17, 15) is 34.1 Å². The summed E-state index contributed by atoms with van der Waals surface area (Å²) in [5.74, 6) is -3.01. The van der Waals surface area contributed by atoms with Crippen molar-refractivity contribution in [1.82, 2.24) is 0 Å². The van der Waals surface area contributed by atoms with Gasteiger partial charge in [0.2, 0.25) is 0 Å². The molecule has 0 amide bonds. The van der Waals surface area contributed by atoms with Gasteiger partial charge in [0.1, 0.15) is 12.2 Å². The van der Waals surface area contributed by atoms with Crippen LogP contribution in [0.2, 0.25) is 0 Å². The number of aliphatic hydroxyl groups is 2. The topological polar surface area (TPSA) is 157 Å². The lowest BCUT2D eigenvalue weighted by molar-refractivity contribution is -0.151. The first-order chi connectivity index (χ1) is 13.3. The number of allylic oxidation sites excluding steroid dienone is 3. The van der Waals surface area contributed by atoms with E-state index in [1.54, 1.807) is 13.0 Å². The first-order valence-electron chi connectivity index (χ1n) is 8.95. The van der Waals surface area contributed by atoms with E-state index in [1.165, 1.54) is 0 Å². The smallest absolute Gasteiger partial charge is 0.450 e. The fourth-order valence-electron chi connectivity index (χ4n) is 3.41. The minimum Gasteiger partial charge on any atom is -0.450 e. The molecule has 11 heteroatoms. The normalized spacial score (nSPS) is 30.6. The van der Waals surface area contributed by atoms with Crippen LogP contribution in [-0.4, -0.2) is 63.7 Å². The number of phosphoric acid groups is 1. The number of carbonyl (C=O) groups is 3. The molecular weight excluding hydrogens is 407 g/mol. The predicted octanol–water partition coefficient (Wildman–Crippen LogP) is 0.596. The van der Waals surface area contributed by atoms with Crippen molar-refractivity contribution in [3.05, 3.63) is 23.3 Å². The molecule has 0 spiro atoms. The number of aliphatic hydroxyl groups excluding tert-OH is 2. The molecule has 162 valence electrons. The Kier molecular flexibility index (Phi) is 6.99. The highest BCUT2D eigenvalue weighted by atomic mass is 31.2. The SMILES string of the molecule is CC=CC1=C(C)C(=O)C(OP(=O)(O)OC[C@H](O)[C@H]2OC(=O)C(=O)C2O)CC1(C)C. The van der Waals surface area contributed by atoms with E-state index >= 15 is 0 Å². The molecule has 10 nitrogen and oxygen atoms in total. The summed E-state index contributed by atoms with van der Waals surface area (Å²) < 4.78 is 26.5. The number of hydrogen-bond donors (Lipinski definition) is 3. The molecule has 2 aliphatic rings. The average Bonchev–Trinajstić information content (AvgIpc) is 2.88.